The molecule has 52 heavy (non-hydrogen) atoms. The number of ether oxygens (including phenoxy) is 2. The van der Waals surface area contributed by atoms with Crippen molar-refractivity contribution in [2.45, 2.75) is 69.0 Å². The third-order valence-corrected chi connectivity index (χ3v) is 9.43. The Balaban J connectivity index is 1.40. The first-order valence-electron chi connectivity index (χ1n) is 17.5. The first-order valence-corrected chi connectivity index (χ1v) is 17.5. The van der Waals surface area contributed by atoms with E-state index in [0.717, 1.165) is 5.56 Å². The van der Waals surface area contributed by atoms with Gasteiger partial charge < -0.3 is 36.1 Å². The van der Waals surface area contributed by atoms with Crippen LogP contribution in [0.4, 0.5) is 4.39 Å². The minimum atomic E-state index is -1.51. The fraction of sp³-hybridized carbons (Fsp3) is 0.410. The first-order chi connectivity index (χ1) is 25.0. The number of benzene rings is 3. The number of halogens is 1. The van der Waals surface area contributed by atoms with Crippen LogP contribution in [0.15, 0.2) is 78.9 Å². The predicted molar refractivity (Wildman–Crippen MR) is 191 cm³/mol. The van der Waals surface area contributed by atoms with Gasteiger partial charge >= 0.3 is 0 Å². The molecule has 2 heterocycles. The summed E-state index contributed by atoms with van der Waals surface area (Å²) in [4.78, 5) is 68.1. The van der Waals surface area contributed by atoms with Gasteiger partial charge in [-0.25, -0.2) is 4.39 Å². The van der Waals surface area contributed by atoms with Crippen LogP contribution in [0, 0.1) is 5.82 Å². The minimum absolute atomic E-state index is 0.102. The number of hydrogen-bond donors (Lipinski definition) is 5. The van der Waals surface area contributed by atoms with Crippen molar-refractivity contribution in [2.24, 2.45) is 0 Å². The molecular formula is C39H46FN5O7. The number of rotatable bonds is 6. The van der Waals surface area contributed by atoms with E-state index in [1.165, 1.54) is 26.0 Å². The summed E-state index contributed by atoms with van der Waals surface area (Å²) in [5.41, 5.74) is -0.459. The van der Waals surface area contributed by atoms with Gasteiger partial charge in [0, 0.05) is 38.1 Å². The molecule has 3 aromatic carbocycles. The normalized spacial score (nSPS) is 21.4. The van der Waals surface area contributed by atoms with Crippen molar-refractivity contribution in [1.82, 2.24) is 26.6 Å². The second kappa shape index (κ2) is 17.3. The largest absolute Gasteiger partial charge is 0.493 e. The van der Waals surface area contributed by atoms with Gasteiger partial charge in [-0.3, -0.25) is 24.0 Å². The van der Waals surface area contributed by atoms with E-state index in [-0.39, 0.29) is 37.4 Å². The second-order valence-electron chi connectivity index (χ2n) is 13.7. The molecule has 1 saturated heterocycles. The highest BCUT2D eigenvalue weighted by atomic mass is 19.1. The van der Waals surface area contributed by atoms with E-state index in [9.17, 15) is 28.4 Å². The van der Waals surface area contributed by atoms with Gasteiger partial charge in [-0.1, -0.05) is 54.6 Å². The average Bonchev–Trinajstić information content (AvgIpc) is 3.13. The van der Waals surface area contributed by atoms with E-state index in [2.05, 4.69) is 26.6 Å². The van der Waals surface area contributed by atoms with Crippen LogP contribution in [0.5, 0.6) is 5.75 Å². The Labute approximate surface area is 302 Å². The summed E-state index contributed by atoms with van der Waals surface area (Å²) in [5, 5.41) is 13.9. The molecule has 0 saturated carbocycles. The summed E-state index contributed by atoms with van der Waals surface area (Å²) in [6.07, 6.45) is 1.14. The topological polar surface area (TPSA) is 164 Å². The summed E-state index contributed by atoms with van der Waals surface area (Å²) in [7, 11) is 0. The molecule has 5 N–H and O–H groups in total. The van der Waals surface area contributed by atoms with Crippen LogP contribution in [0.25, 0.3) is 0 Å². The second-order valence-corrected chi connectivity index (χ2v) is 13.7. The number of para-hydroxylation sites is 1. The fourth-order valence-electron chi connectivity index (χ4n) is 6.38. The lowest BCUT2D eigenvalue weighted by Gasteiger charge is -2.38. The lowest BCUT2D eigenvalue weighted by Crippen LogP contribution is -2.60. The molecule has 5 amide bonds. The van der Waals surface area contributed by atoms with E-state index >= 15 is 0 Å². The van der Waals surface area contributed by atoms with Crippen LogP contribution in [-0.2, 0) is 35.8 Å². The van der Waals surface area contributed by atoms with E-state index in [1.54, 1.807) is 30.3 Å². The summed E-state index contributed by atoms with van der Waals surface area (Å²) >= 11 is 0. The van der Waals surface area contributed by atoms with Gasteiger partial charge in [0.1, 0.15) is 29.2 Å². The summed E-state index contributed by atoms with van der Waals surface area (Å²) in [6.45, 7) is 4.31. The van der Waals surface area contributed by atoms with Gasteiger partial charge in [-0.05, 0) is 68.5 Å². The third kappa shape index (κ3) is 9.93. The Morgan fingerprint density at radius 2 is 1.63 bits per heavy atom. The Morgan fingerprint density at radius 3 is 2.38 bits per heavy atom. The molecule has 13 heteroatoms. The van der Waals surface area contributed by atoms with Crippen LogP contribution in [-0.4, -0.2) is 80.1 Å². The Hall–Kier alpha value is -5.30. The van der Waals surface area contributed by atoms with E-state index < -0.39 is 64.8 Å². The number of carbonyl (C=O) groups excluding carboxylic acids is 5. The monoisotopic (exact) mass is 715 g/mol. The van der Waals surface area contributed by atoms with E-state index in [0.29, 0.717) is 38.0 Å². The van der Waals surface area contributed by atoms with Gasteiger partial charge in [0.2, 0.25) is 23.6 Å². The molecule has 276 valence electrons. The predicted octanol–water partition coefficient (Wildman–Crippen LogP) is 2.70. The summed E-state index contributed by atoms with van der Waals surface area (Å²) in [5.74, 6) is -3.14. The van der Waals surface area contributed by atoms with Crippen LogP contribution < -0.4 is 31.3 Å². The van der Waals surface area contributed by atoms with Crippen molar-refractivity contribution in [3.8, 4) is 5.75 Å². The van der Waals surface area contributed by atoms with Gasteiger partial charge in [-0.2, -0.15) is 0 Å². The molecule has 2 aliphatic heterocycles. The van der Waals surface area contributed by atoms with Crippen molar-refractivity contribution in [2.75, 3.05) is 32.9 Å². The van der Waals surface area contributed by atoms with Crippen LogP contribution >= 0.6 is 0 Å². The average molecular weight is 716 g/mol. The molecule has 1 fully saturated rings. The zero-order valence-electron chi connectivity index (χ0n) is 29.5. The number of nitrogens with one attached hydrogen (secondary N) is 5. The van der Waals surface area contributed by atoms with Crippen LogP contribution in [0.3, 0.4) is 0 Å². The quantitative estimate of drug-likeness (QED) is 0.262. The number of carbonyl (C=O) groups is 5. The van der Waals surface area contributed by atoms with E-state index in [4.69, 9.17) is 9.47 Å². The first kappa shape index (κ1) is 37.9. The number of hydrogen-bond acceptors (Lipinski definition) is 7. The summed E-state index contributed by atoms with van der Waals surface area (Å²) < 4.78 is 25.8. The molecule has 3 aromatic rings. The highest BCUT2D eigenvalue weighted by Gasteiger charge is 2.38. The highest BCUT2D eigenvalue weighted by molar-refractivity contribution is 6.01. The molecule has 0 aliphatic carbocycles. The lowest BCUT2D eigenvalue weighted by atomic mass is 9.74. The molecule has 0 radical (unpaired) electrons. The summed E-state index contributed by atoms with van der Waals surface area (Å²) in [6, 6.07) is 19.7. The van der Waals surface area contributed by atoms with Gasteiger partial charge in [0.25, 0.3) is 5.91 Å². The Morgan fingerprint density at radius 1 is 0.904 bits per heavy atom. The maximum Gasteiger partial charge on any atom is 0.255 e. The van der Waals surface area contributed by atoms with Crippen molar-refractivity contribution in [3.63, 3.8) is 0 Å². The Kier molecular flexibility index (Phi) is 12.6. The van der Waals surface area contributed by atoms with Gasteiger partial charge in [0.05, 0.1) is 18.6 Å². The number of fused-ring (bicyclic) bond motifs is 1. The molecule has 2 aliphatic rings. The zero-order chi connectivity index (χ0) is 37.1. The zero-order valence-corrected chi connectivity index (χ0v) is 29.5. The van der Waals surface area contributed by atoms with Crippen LogP contribution in [0.2, 0.25) is 0 Å². The molecular weight excluding hydrogens is 669 g/mol. The lowest BCUT2D eigenvalue weighted by molar-refractivity contribution is -0.135. The molecule has 5 rings (SSSR count). The van der Waals surface area contributed by atoms with Gasteiger partial charge in [0.15, 0.2) is 0 Å². The maximum absolute atomic E-state index is 14.3. The van der Waals surface area contributed by atoms with Crippen molar-refractivity contribution < 1.29 is 37.8 Å². The highest BCUT2D eigenvalue weighted by Crippen LogP contribution is 2.34. The smallest absolute Gasteiger partial charge is 0.255 e. The fourth-order valence-corrected chi connectivity index (χ4v) is 6.38. The van der Waals surface area contributed by atoms with Crippen molar-refractivity contribution in [3.05, 3.63) is 101 Å². The molecule has 0 aromatic heterocycles. The SMILES string of the molecule is CC1(C)NC(=O)C[C@@H](C(=O)NCC2(c3cccc(F)c3)CCOCC2)NC(=O)c2ccccc2OCCCNC(=O)[C@H](Cc2ccccc2)NC1=O. The molecule has 0 spiro atoms. The van der Waals surface area contributed by atoms with Crippen LogP contribution in [0.1, 0.15) is 61.0 Å². The molecule has 0 bridgehead atoms. The van der Waals surface area contributed by atoms with E-state index in [1.807, 2.05) is 36.4 Å². The maximum atomic E-state index is 14.3. The van der Waals surface area contributed by atoms with Crippen molar-refractivity contribution >= 4 is 29.5 Å². The molecule has 2 atom stereocenters. The van der Waals surface area contributed by atoms with Crippen molar-refractivity contribution in [1.29, 1.82) is 0 Å². The standard InChI is InChI=1S/C39H46FN5O7/c1-38(2)37(50)44-30(22-26-10-4-3-5-11-26)35(48)41-18-9-19-52-32-15-7-6-14-29(32)34(47)43-31(24-33(46)45-38)36(49)42-25-39(16-20-51-21-17-39)27-12-8-13-28(40)23-27/h3-8,10-15,23,30-31H,9,16-22,24-25H2,1-2H3,(H,41,48)(H,42,49)(H,43,47)(H,44,50)(H,45,46)/t30-,31-/m0/s1. The third-order valence-electron chi connectivity index (χ3n) is 9.43. The molecule has 0 unspecified atom stereocenters. The Bertz CT molecular complexity index is 1750. The molecule has 12 nitrogen and oxygen atoms in total. The minimum Gasteiger partial charge on any atom is -0.493 e. The number of amides is 5. The van der Waals surface area contributed by atoms with Gasteiger partial charge in [-0.15, -0.1) is 0 Å².